The van der Waals surface area contributed by atoms with Crippen LogP contribution in [0.4, 0.5) is 5.69 Å². The lowest BCUT2D eigenvalue weighted by atomic mass is 9.94. The van der Waals surface area contributed by atoms with Gasteiger partial charge in [0.15, 0.2) is 0 Å². The van der Waals surface area contributed by atoms with Gasteiger partial charge >= 0.3 is 0 Å². The molecule has 6 nitrogen and oxygen atoms in total. The molecule has 2 aromatic carbocycles. The van der Waals surface area contributed by atoms with E-state index in [0.717, 1.165) is 35.4 Å². The molecule has 0 radical (unpaired) electrons. The van der Waals surface area contributed by atoms with Crippen LogP contribution in [0.5, 0.6) is 0 Å². The minimum Gasteiger partial charge on any atom is -0.341 e. The summed E-state index contributed by atoms with van der Waals surface area (Å²) in [5.74, 6) is 0.900. The van der Waals surface area contributed by atoms with E-state index in [-0.39, 0.29) is 24.3 Å². The first-order valence-corrected chi connectivity index (χ1v) is 12.2. The van der Waals surface area contributed by atoms with Crippen LogP contribution in [0.15, 0.2) is 48.5 Å². The van der Waals surface area contributed by atoms with Gasteiger partial charge in [0.05, 0.1) is 11.0 Å². The quantitative estimate of drug-likeness (QED) is 0.533. The van der Waals surface area contributed by atoms with Crippen LogP contribution in [-0.2, 0) is 16.1 Å². The summed E-state index contributed by atoms with van der Waals surface area (Å²) < 4.78 is 2.03. The second-order valence-electron chi connectivity index (χ2n) is 9.22. The molecule has 2 amide bonds. The number of likely N-dealkylation sites (N-methyl/N-ethyl adjacent to an activating group) is 1. The van der Waals surface area contributed by atoms with Crippen molar-refractivity contribution in [1.29, 1.82) is 0 Å². The minimum atomic E-state index is -0.0756. The fourth-order valence-corrected chi connectivity index (χ4v) is 5.37. The van der Waals surface area contributed by atoms with Crippen molar-refractivity contribution >= 4 is 40.1 Å². The average Bonchev–Trinajstić information content (AvgIpc) is 3.40. The van der Waals surface area contributed by atoms with Crippen molar-refractivity contribution < 1.29 is 9.59 Å². The van der Waals surface area contributed by atoms with Crippen LogP contribution in [0.3, 0.4) is 0 Å². The number of benzene rings is 2. The highest BCUT2D eigenvalue weighted by Crippen LogP contribution is 2.34. The van der Waals surface area contributed by atoms with Gasteiger partial charge < -0.3 is 14.4 Å². The first kappa shape index (κ1) is 22.0. The number of nitrogens with zero attached hydrogens (tertiary/aromatic N) is 4. The van der Waals surface area contributed by atoms with Crippen molar-refractivity contribution in [3.63, 3.8) is 0 Å². The third-order valence-corrected chi connectivity index (χ3v) is 7.37. The largest absolute Gasteiger partial charge is 0.341 e. The SMILES string of the molecule is CN(C(=O)Cn1c(C2CC(=O)N(c3ccc(Cl)cc3)C2)nc2ccccc21)C1CCCCC1. The molecule has 2 fully saturated rings. The van der Waals surface area contributed by atoms with Gasteiger partial charge in [-0.3, -0.25) is 9.59 Å². The van der Waals surface area contributed by atoms with Crippen molar-refractivity contribution in [2.75, 3.05) is 18.5 Å². The third-order valence-electron chi connectivity index (χ3n) is 7.12. The number of hydrogen-bond donors (Lipinski definition) is 0. The molecule has 7 heteroatoms. The maximum absolute atomic E-state index is 13.3. The van der Waals surface area contributed by atoms with Crippen LogP contribution in [0.1, 0.15) is 50.3 Å². The molecule has 33 heavy (non-hydrogen) atoms. The molecule has 2 aliphatic rings. The first-order valence-electron chi connectivity index (χ1n) is 11.8. The summed E-state index contributed by atoms with van der Waals surface area (Å²) in [6.45, 7) is 0.783. The summed E-state index contributed by atoms with van der Waals surface area (Å²) in [6, 6.07) is 15.6. The molecule has 1 aliphatic heterocycles. The maximum atomic E-state index is 13.3. The molecule has 1 saturated carbocycles. The average molecular weight is 465 g/mol. The highest BCUT2D eigenvalue weighted by Gasteiger charge is 2.35. The lowest BCUT2D eigenvalue weighted by Crippen LogP contribution is -2.40. The van der Waals surface area contributed by atoms with E-state index < -0.39 is 0 Å². The Morgan fingerprint density at radius 2 is 1.82 bits per heavy atom. The van der Waals surface area contributed by atoms with Gasteiger partial charge in [-0.05, 0) is 49.2 Å². The lowest BCUT2D eigenvalue weighted by molar-refractivity contribution is -0.133. The molecule has 2 heterocycles. The zero-order chi connectivity index (χ0) is 22.9. The number of para-hydroxylation sites is 2. The van der Waals surface area contributed by atoms with E-state index >= 15 is 0 Å². The van der Waals surface area contributed by atoms with Crippen molar-refractivity contribution in [2.24, 2.45) is 0 Å². The smallest absolute Gasteiger partial charge is 0.242 e. The number of amides is 2. The highest BCUT2D eigenvalue weighted by molar-refractivity contribution is 6.30. The Kier molecular flexibility index (Phi) is 6.11. The van der Waals surface area contributed by atoms with Crippen molar-refractivity contribution in [1.82, 2.24) is 14.5 Å². The maximum Gasteiger partial charge on any atom is 0.242 e. The number of fused-ring (bicyclic) bond motifs is 1. The molecule has 1 aliphatic carbocycles. The number of aromatic nitrogens is 2. The normalized spacial score (nSPS) is 19.4. The van der Waals surface area contributed by atoms with Gasteiger partial charge in [0.1, 0.15) is 12.4 Å². The zero-order valence-corrected chi connectivity index (χ0v) is 19.7. The van der Waals surface area contributed by atoms with Crippen LogP contribution in [0.25, 0.3) is 11.0 Å². The van der Waals surface area contributed by atoms with Crippen molar-refractivity contribution in [3.05, 3.63) is 59.4 Å². The lowest BCUT2D eigenvalue weighted by Gasteiger charge is -2.31. The Hall–Kier alpha value is -2.86. The number of anilines is 1. The van der Waals surface area contributed by atoms with E-state index in [4.69, 9.17) is 16.6 Å². The Bertz CT molecular complexity index is 1170. The number of carbonyl (C=O) groups is 2. The van der Waals surface area contributed by atoms with Crippen molar-refractivity contribution in [2.45, 2.75) is 57.0 Å². The minimum absolute atomic E-state index is 0.0616. The molecular formula is C26H29ClN4O2. The van der Waals surface area contributed by atoms with Gasteiger partial charge in [-0.2, -0.15) is 0 Å². The number of hydrogen-bond acceptors (Lipinski definition) is 3. The first-order chi connectivity index (χ1) is 16.0. The fraction of sp³-hybridized carbons (Fsp3) is 0.423. The predicted octanol–water partition coefficient (Wildman–Crippen LogP) is 5.00. The number of rotatable bonds is 5. The Labute approximate surface area is 199 Å². The predicted molar refractivity (Wildman–Crippen MR) is 131 cm³/mol. The van der Waals surface area contributed by atoms with E-state index in [0.29, 0.717) is 24.0 Å². The van der Waals surface area contributed by atoms with E-state index in [2.05, 4.69) is 0 Å². The summed E-state index contributed by atoms with van der Waals surface area (Å²) >= 11 is 6.02. The molecule has 5 rings (SSSR count). The van der Waals surface area contributed by atoms with E-state index in [1.165, 1.54) is 19.3 Å². The summed E-state index contributed by atoms with van der Waals surface area (Å²) in [7, 11) is 1.93. The van der Waals surface area contributed by atoms with E-state index in [1.54, 1.807) is 17.0 Å². The summed E-state index contributed by atoms with van der Waals surface area (Å²) in [4.78, 5) is 34.8. The Morgan fingerprint density at radius 1 is 1.09 bits per heavy atom. The van der Waals surface area contributed by atoms with Gasteiger partial charge in [-0.15, -0.1) is 0 Å². The number of carbonyl (C=O) groups excluding carboxylic acids is 2. The van der Waals surface area contributed by atoms with Gasteiger partial charge in [-0.1, -0.05) is 43.0 Å². The van der Waals surface area contributed by atoms with Crippen LogP contribution < -0.4 is 4.90 Å². The van der Waals surface area contributed by atoms with Crippen LogP contribution in [-0.4, -0.2) is 45.9 Å². The topological polar surface area (TPSA) is 58.4 Å². The zero-order valence-electron chi connectivity index (χ0n) is 18.9. The van der Waals surface area contributed by atoms with E-state index in [9.17, 15) is 9.59 Å². The monoisotopic (exact) mass is 464 g/mol. The summed E-state index contributed by atoms with van der Waals surface area (Å²) in [5.41, 5.74) is 2.64. The van der Waals surface area contributed by atoms with Gasteiger partial charge in [0, 0.05) is 42.7 Å². The van der Waals surface area contributed by atoms with Crippen LogP contribution in [0.2, 0.25) is 5.02 Å². The van der Waals surface area contributed by atoms with Crippen LogP contribution in [0, 0.1) is 0 Å². The Balaban J connectivity index is 1.43. The molecule has 0 spiro atoms. The second-order valence-corrected chi connectivity index (χ2v) is 9.66. The molecule has 1 unspecified atom stereocenters. The molecule has 172 valence electrons. The van der Waals surface area contributed by atoms with Gasteiger partial charge in [0.2, 0.25) is 11.8 Å². The molecular weight excluding hydrogens is 436 g/mol. The summed E-state index contributed by atoms with van der Waals surface area (Å²) in [5, 5.41) is 0.643. The second kappa shape index (κ2) is 9.18. The molecule has 3 aromatic rings. The molecule has 0 bridgehead atoms. The van der Waals surface area contributed by atoms with Crippen molar-refractivity contribution in [3.8, 4) is 0 Å². The third kappa shape index (κ3) is 4.36. The van der Waals surface area contributed by atoms with E-state index in [1.807, 2.05) is 52.9 Å². The summed E-state index contributed by atoms with van der Waals surface area (Å²) in [6.07, 6.45) is 6.16. The highest BCUT2D eigenvalue weighted by atomic mass is 35.5. The molecule has 1 saturated heterocycles. The van der Waals surface area contributed by atoms with Crippen LogP contribution >= 0.6 is 11.6 Å². The Morgan fingerprint density at radius 3 is 2.58 bits per heavy atom. The molecule has 1 aromatic heterocycles. The van der Waals surface area contributed by atoms with Gasteiger partial charge in [0.25, 0.3) is 0 Å². The molecule has 0 N–H and O–H groups in total. The molecule has 1 atom stereocenters. The standard InChI is InChI=1S/C26H29ClN4O2/c1-29(20-7-3-2-4-8-20)25(33)17-31-23-10-6-5-9-22(23)28-26(31)18-15-24(32)30(16-18)21-13-11-19(27)12-14-21/h5-6,9-14,18,20H,2-4,7-8,15-17H2,1H3. The fourth-order valence-electron chi connectivity index (χ4n) is 5.24. The van der Waals surface area contributed by atoms with Gasteiger partial charge in [-0.25, -0.2) is 4.98 Å². The number of halogens is 1. The number of imidazole rings is 1.